The lowest BCUT2D eigenvalue weighted by Crippen LogP contribution is -2.50. The van der Waals surface area contributed by atoms with Crippen LogP contribution in [0.2, 0.25) is 0 Å². The largest absolute Gasteiger partial charge is 0.381 e. The predicted octanol–water partition coefficient (Wildman–Crippen LogP) is 1.68. The Balaban J connectivity index is 1.49. The summed E-state index contributed by atoms with van der Waals surface area (Å²) in [7, 11) is 0. The summed E-state index contributed by atoms with van der Waals surface area (Å²) in [6, 6.07) is 8.67. The van der Waals surface area contributed by atoms with Gasteiger partial charge in [-0.05, 0) is 18.9 Å². The van der Waals surface area contributed by atoms with Gasteiger partial charge >= 0.3 is 0 Å². The third-order valence-electron chi connectivity index (χ3n) is 4.45. The van der Waals surface area contributed by atoms with Crippen molar-refractivity contribution in [1.29, 1.82) is 0 Å². The average molecular weight is 288 g/mol. The molecule has 0 bridgehead atoms. The van der Waals surface area contributed by atoms with Gasteiger partial charge in [0.1, 0.15) is 0 Å². The van der Waals surface area contributed by atoms with Crippen LogP contribution in [0.25, 0.3) is 0 Å². The molecule has 3 rings (SSSR count). The van der Waals surface area contributed by atoms with Crippen LogP contribution >= 0.6 is 0 Å². The van der Waals surface area contributed by atoms with Crippen molar-refractivity contribution in [2.45, 2.75) is 19.9 Å². The number of benzene rings is 1. The quantitative estimate of drug-likeness (QED) is 0.848. The number of carbonyl (C=O) groups is 1. The first-order valence-corrected chi connectivity index (χ1v) is 7.87. The lowest BCUT2D eigenvalue weighted by atomic mass is 10.1. The Labute approximate surface area is 126 Å². The van der Waals surface area contributed by atoms with Crippen molar-refractivity contribution in [2.75, 3.05) is 39.4 Å². The number of carbonyl (C=O) groups excluding carboxylic acids is 1. The molecule has 0 aliphatic carbocycles. The van der Waals surface area contributed by atoms with Crippen LogP contribution in [0.15, 0.2) is 24.3 Å². The van der Waals surface area contributed by atoms with E-state index in [1.54, 1.807) is 0 Å². The van der Waals surface area contributed by atoms with Crippen molar-refractivity contribution in [3.8, 4) is 0 Å². The number of piperazine rings is 1. The fourth-order valence-corrected chi connectivity index (χ4v) is 3.18. The van der Waals surface area contributed by atoms with Gasteiger partial charge in [-0.25, -0.2) is 0 Å². The Bertz CT molecular complexity index is 489. The zero-order valence-corrected chi connectivity index (χ0v) is 12.8. The molecule has 0 saturated carbocycles. The van der Waals surface area contributed by atoms with Crippen molar-refractivity contribution in [2.24, 2.45) is 5.92 Å². The highest BCUT2D eigenvalue weighted by atomic mass is 16.5. The molecule has 1 atom stereocenters. The van der Waals surface area contributed by atoms with E-state index in [9.17, 15) is 4.79 Å². The summed E-state index contributed by atoms with van der Waals surface area (Å²) in [5.41, 5.74) is 2.67. The molecular formula is C17H24N2O2. The van der Waals surface area contributed by atoms with E-state index in [1.165, 1.54) is 11.1 Å². The number of hydrogen-bond acceptors (Lipinski definition) is 3. The van der Waals surface area contributed by atoms with E-state index < -0.39 is 0 Å². The fourth-order valence-electron chi connectivity index (χ4n) is 3.18. The number of ether oxygens (including phenoxy) is 1. The molecule has 1 aromatic rings. The minimum Gasteiger partial charge on any atom is -0.381 e. The average Bonchev–Trinajstić information content (AvgIpc) is 3.01. The Morgan fingerprint density at radius 3 is 2.76 bits per heavy atom. The molecule has 2 fully saturated rings. The van der Waals surface area contributed by atoms with Crippen molar-refractivity contribution < 1.29 is 9.53 Å². The molecule has 0 aromatic heterocycles. The predicted molar refractivity (Wildman–Crippen MR) is 82.0 cm³/mol. The van der Waals surface area contributed by atoms with E-state index in [1.807, 2.05) is 4.90 Å². The fraction of sp³-hybridized carbons (Fsp3) is 0.588. The van der Waals surface area contributed by atoms with Gasteiger partial charge in [0.2, 0.25) is 5.91 Å². The molecule has 0 N–H and O–H groups in total. The Kier molecular flexibility index (Phi) is 4.56. The normalized spacial score (nSPS) is 23.5. The van der Waals surface area contributed by atoms with Crippen molar-refractivity contribution in [1.82, 2.24) is 9.80 Å². The summed E-state index contributed by atoms with van der Waals surface area (Å²) in [6.45, 7) is 8.09. The van der Waals surface area contributed by atoms with E-state index >= 15 is 0 Å². The van der Waals surface area contributed by atoms with Gasteiger partial charge in [0.05, 0.1) is 12.5 Å². The molecule has 0 spiro atoms. The molecular weight excluding hydrogens is 264 g/mol. The molecule has 1 unspecified atom stereocenters. The number of amides is 1. The van der Waals surface area contributed by atoms with E-state index in [0.29, 0.717) is 12.5 Å². The van der Waals surface area contributed by atoms with Gasteiger partial charge in [-0.3, -0.25) is 9.69 Å². The second-order valence-electron chi connectivity index (χ2n) is 6.15. The van der Waals surface area contributed by atoms with Crippen LogP contribution in [-0.4, -0.2) is 55.1 Å². The first-order valence-electron chi connectivity index (χ1n) is 7.87. The lowest BCUT2D eigenvalue weighted by molar-refractivity contribution is -0.137. The van der Waals surface area contributed by atoms with Gasteiger partial charge in [-0.1, -0.05) is 29.8 Å². The maximum atomic E-state index is 12.3. The van der Waals surface area contributed by atoms with Crippen molar-refractivity contribution in [3.63, 3.8) is 0 Å². The smallest absolute Gasteiger partial charge is 0.228 e. The minimum absolute atomic E-state index is 0.105. The summed E-state index contributed by atoms with van der Waals surface area (Å²) in [5.74, 6) is 0.399. The molecule has 2 heterocycles. The standard InChI is InChI=1S/C17H24N2O2/c1-14-3-2-4-15(11-14)12-18-6-8-19(9-7-18)17(20)16-5-10-21-13-16/h2-4,11,16H,5-10,12-13H2,1H3. The van der Waals surface area contributed by atoms with Gasteiger partial charge in [-0.2, -0.15) is 0 Å². The van der Waals surface area contributed by atoms with Gasteiger partial charge in [0, 0.05) is 39.3 Å². The second-order valence-corrected chi connectivity index (χ2v) is 6.15. The van der Waals surface area contributed by atoms with Crippen LogP contribution in [0.3, 0.4) is 0 Å². The molecule has 1 amide bonds. The molecule has 4 nitrogen and oxygen atoms in total. The monoisotopic (exact) mass is 288 g/mol. The molecule has 4 heteroatoms. The first-order chi connectivity index (χ1) is 10.2. The maximum Gasteiger partial charge on any atom is 0.228 e. The molecule has 2 aliphatic heterocycles. The first kappa shape index (κ1) is 14.5. The van der Waals surface area contributed by atoms with Crippen molar-refractivity contribution >= 4 is 5.91 Å². The van der Waals surface area contributed by atoms with Crippen LogP contribution in [0, 0.1) is 12.8 Å². The van der Waals surface area contributed by atoms with Gasteiger partial charge in [-0.15, -0.1) is 0 Å². The van der Waals surface area contributed by atoms with E-state index in [4.69, 9.17) is 4.74 Å². The van der Waals surface area contributed by atoms with Crippen molar-refractivity contribution in [3.05, 3.63) is 35.4 Å². The molecule has 2 saturated heterocycles. The van der Waals surface area contributed by atoms with Crippen LogP contribution in [-0.2, 0) is 16.1 Å². The maximum absolute atomic E-state index is 12.3. The topological polar surface area (TPSA) is 32.8 Å². The third kappa shape index (κ3) is 3.63. The molecule has 1 aromatic carbocycles. The number of aryl methyl sites for hydroxylation is 1. The third-order valence-corrected chi connectivity index (χ3v) is 4.45. The van der Waals surface area contributed by atoms with Gasteiger partial charge in [0.25, 0.3) is 0 Å². The number of nitrogens with zero attached hydrogens (tertiary/aromatic N) is 2. The van der Waals surface area contributed by atoms with E-state index in [-0.39, 0.29) is 5.92 Å². The Hall–Kier alpha value is -1.39. The molecule has 114 valence electrons. The van der Waals surface area contributed by atoms with Crippen LogP contribution < -0.4 is 0 Å². The number of rotatable bonds is 3. The summed E-state index contributed by atoms with van der Waals surface area (Å²) in [5, 5.41) is 0. The highest BCUT2D eigenvalue weighted by Crippen LogP contribution is 2.17. The van der Waals surface area contributed by atoms with E-state index in [0.717, 1.165) is 45.8 Å². The van der Waals surface area contributed by atoms with Crippen LogP contribution in [0.4, 0.5) is 0 Å². The lowest BCUT2D eigenvalue weighted by Gasteiger charge is -2.35. The SMILES string of the molecule is Cc1cccc(CN2CCN(C(=O)C3CCOC3)CC2)c1. The molecule has 2 aliphatic rings. The summed E-state index contributed by atoms with van der Waals surface area (Å²) >= 11 is 0. The molecule has 21 heavy (non-hydrogen) atoms. The Morgan fingerprint density at radius 2 is 2.10 bits per heavy atom. The summed E-state index contributed by atoms with van der Waals surface area (Å²) in [4.78, 5) is 16.8. The second kappa shape index (κ2) is 6.58. The van der Waals surface area contributed by atoms with E-state index in [2.05, 4.69) is 36.1 Å². The zero-order chi connectivity index (χ0) is 14.7. The highest BCUT2D eigenvalue weighted by Gasteiger charge is 2.29. The molecule has 0 radical (unpaired) electrons. The number of hydrogen-bond donors (Lipinski definition) is 0. The van der Waals surface area contributed by atoms with Crippen LogP contribution in [0.1, 0.15) is 17.5 Å². The van der Waals surface area contributed by atoms with Gasteiger partial charge < -0.3 is 9.64 Å². The minimum atomic E-state index is 0.105. The van der Waals surface area contributed by atoms with Crippen LogP contribution in [0.5, 0.6) is 0 Å². The summed E-state index contributed by atoms with van der Waals surface area (Å²) < 4.78 is 5.32. The highest BCUT2D eigenvalue weighted by molar-refractivity contribution is 5.79. The van der Waals surface area contributed by atoms with Gasteiger partial charge in [0.15, 0.2) is 0 Å². The zero-order valence-electron chi connectivity index (χ0n) is 12.8. The Morgan fingerprint density at radius 1 is 1.29 bits per heavy atom. The summed E-state index contributed by atoms with van der Waals surface area (Å²) in [6.07, 6.45) is 0.891.